The molecule has 1 aromatic heterocycles. The number of nitrogens with zero attached hydrogens (tertiary/aromatic N) is 1. The number of rotatable bonds is 2. The molecule has 0 bridgehead atoms. The van der Waals surface area contributed by atoms with Gasteiger partial charge in [0.05, 0.1) is 11.1 Å². The van der Waals surface area contributed by atoms with Crippen molar-refractivity contribution < 1.29 is 18.0 Å². The molecule has 0 unspecified atom stereocenters. The van der Waals surface area contributed by atoms with Gasteiger partial charge >= 0.3 is 0 Å². The van der Waals surface area contributed by atoms with Gasteiger partial charge in [0.2, 0.25) is 0 Å². The number of hydrogen-bond donors (Lipinski definition) is 0. The molecule has 0 radical (unpaired) electrons. The Morgan fingerprint density at radius 3 is 2.48 bits per heavy atom. The molecule has 21 heavy (non-hydrogen) atoms. The molecule has 104 valence electrons. The van der Waals surface area contributed by atoms with Crippen molar-refractivity contribution in [2.24, 2.45) is 0 Å². The van der Waals surface area contributed by atoms with Crippen LogP contribution in [0.5, 0.6) is 0 Å². The zero-order valence-corrected chi connectivity index (χ0v) is 10.6. The lowest BCUT2D eigenvalue weighted by Gasteiger charge is -2.07. The topological polar surface area (TPSA) is 30.0 Å². The second-order valence-corrected chi connectivity index (χ2v) is 4.43. The van der Waals surface area contributed by atoms with Crippen LogP contribution >= 0.6 is 0 Å². The molecule has 0 aliphatic carbocycles. The van der Waals surface area contributed by atoms with Crippen molar-refractivity contribution in [3.8, 4) is 0 Å². The highest BCUT2D eigenvalue weighted by Gasteiger charge is 2.21. The van der Waals surface area contributed by atoms with Crippen LogP contribution in [-0.2, 0) is 0 Å². The third-order valence-corrected chi connectivity index (χ3v) is 3.17. The Hall–Kier alpha value is -2.69. The van der Waals surface area contributed by atoms with E-state index in [-0.39, 0.29) is 5.56 Å². The van der Waals surface area contributed by atoms with Crippen molar-refractivity contribution in [1.29, 1.82) is 0 Å². The first-order valence-electron chi connectivity index (χ1n) is 6.11. The van der Waals surface area contributed by atoms with Gasteiger partial charge in [0.1, 0.15) is 0 Å². The van der Waals surface area contributed by atoms with Gasteiger partial charge in [-0.1, -0.05) is 18.2 Å². The lowest BCUT2D eigenvalue weighted by molar-refractivity contribution is 0.103. The summed E-state index contributed by atoms with van der Waals surface area (Å²) in [5, 5.41) is 0.522. The van der Waals surface area contributed by atoms with E-state index in [2.05, 4.69) is 4.98 Å². The van der Waals surface area contributed by atoms with E-state index in [1.165, 1.54) is 6.07 Å². The van der Waals surface area contributed by atoms with Crippen molar-refractivity contribution in [3.63, 3.8) is 0 Å². The van der Waals surface area contributed by atoms with Gasteiger partial charge in [-0.25, -0.2) is 13.2 Å². The fourth-order valence-corrected chi connectivity index (χ4v) is 2.15. The smallest absolute Gasteiger partial charge is 0.196 e. The molecule has 0 aliphatic heterocycles. The highest BCUT2D eigenvalue weighted by atomic mass is 19.2. The third kappa shape index (κ3) is 2.16. The van der Waals surface area contributed by atoms with E-state index < -0.39 is 28.8 Å². The summed E-state index contributed by atoms with van der Waals surface area (Å²) in [7, 11) is 0. The Labute approximate surface area is 117 Å². The fraction of sp³-hybridized carbons (Fsp3) is 0. The molecule has 2 nitrogen and oxygen atoms in total. The van der Waals surface area contributed by atoms with Crippen molar-refractivity contribution in [3.05, 3.63) is 77.2 Å². The number of carbonyl (C=O) groups is 1. The van der Waals surface area contributed by atoms with Crippen LogP contribution in [0, 0.1) is 17.5 Å². The van der Waals surface area contributed by atoms with Crippen LogP contribution in [0.25, 0.3) is 10.9 Å². The summed E-state index contributed by atoms with van der Waals surface area (Å²) in [5.74, 6) is -5.19. The molecule has 0 saturated heterocycles. The normalized spacial score (nSPS) is 10.8. The molecule has 1 heterocycles. The average Bonchev–Trinajstić information content (AvgIpc) is 2.51. The maximum absolute atomic E-state index is 13.7. The predicted molar refractivity (Wildman–Crippen MR) is 71.5 cm³/mol. The first-order chi connectivity index (χ1) is 10.1. The Morgan fingerprint density at radius 1 is 0.857 bits per heavy atom. The summed E-state index contributed by atoms with van der Waals surface area (Å²) in [6.07, 6.45) is 1.56. The van der Waals surface area contributed by atoms with Crippen LogP contribution in [0.15, 0.2) is 48.7 Å². The lowest BCUT2D eigenvalue weighted by Crippen LogP contribution is -2.08. The van der Waals surface area contributed by atoms with Crippen molar-refractivity contribution in [1.82, 2.24) is 4.98 Å². The van der Waals surface area contributed by atoms with Crippen LogP contribution in [0.2, 0.25) is 0 Å². The van der Waals surface area contributed by atoms with Crippen LogP contribution in [0.3, 0.4) is 0 Å². The van der Waals surface area contributed by atoms with Gasteiger partial charge in [0.25, 0.3) is 0 Å². The summed E-state index contributed by atoms with van der Waals surface area (Å²) in [4.78, 5) is 16.5. The summed E-state index contributed by atoms with van der Waals surface area (Å²) < 4.78 is 40.0. The Bertz CT molecular complexity index is 856. The average molecular weight is 287 g/mol. The zero-order chi connectivity index (χ0) is 15.0. The van der Waals surface area contributed by atoms with Gasteiger partial charge in [-0.3, -0.25) is 9.78 Å². The first-order valence-corrected chi connectivity index (χ1v) is 6.11. The molecular formula is C16H8F3NO. The predicted octanol–water partition coefficient (Wildman–Crippen LogP) is 3.88. The van der Waals surface area contributed by atoms with E-state index in [1.54, 1.807) is 30.5 Å². The number of benzene rings is 2. The molecule has 0 saturated carbocycles. The first kappa shape index (κ1) is 13.3. The fourth-order valence-electron chi connectivity index (χ4n) is 2.15. The van der Waals surface area contributed by atoms with Gasteiger partial charge < -0.3 is 0 Å². The second kappa shape index (κ2) is 5.01. The van der Waals surface area contributed by atoms with Crippen molar-refractivity contribution in [2.75, 3.05) is 0 Å². The Morgan fingerprint density at radius 2 is 1.67 bits per heavy atom. The van der Waals surface area contributed by atoms with E-state index in [4.69, 9.17) is 0 Å². The van der Waals surface area contributed by atoms with E-state index in [9.17, 15) is 18.0 Å². The summed E-state index contributed by atoms with van der Waals surface area (Å²) in [6.45, 7) is 0. The number of ketones is 1. The number of hydrogen-bond acceptors (Lipinski definition) is 2. The Balaban J connectivity index is 2.20. The van der Waals surface area contributed by atoms with Gasteiger partial charge in [0, 0.05) is 17.1 Å². The molecule has 3 rings (SSSR count). The van der Waals surface area contributed by atoms with E-state index in [0.29, 0.717) is 10.9 Å². The molecule has 0 amide bonds. The van der Waals surface area contributed by atoms with E-state index in [1.807, 2.05) is 0 Å². The molecule has 0 fully saturated rings. The highest BCUT2D eigenvalue weighted by molar-refractivity contribution is 6.16. The van der Waals surface area contributed by atoms with E-state index >= 15 is 0 Å². The quantitative estimate of drug-likeness (QED) is 0.529. The molecule has 0 aliphatic rings. The van der Waals surface area contributed by atoms with Crippen molar-refractivity contribution in [2.45, 2.75) is 0 Å². The minimum absolute atomic E-state index is 0.186. The van der Waals surface area contributed by atoms with Gasteiger partial charge in [0.15, 0.2) is 23.2 Å². The van der Waals surface area contributed by atoms with Gasteiger partial charge in [-0.2, -0.15) is 0 Å². The number of pyridine rings is 1. The molecule has 0 spiro atoms. The molecule has 0 atom stereocenters. The number of fused-ring (bicyclic) bond motifs is 1. The minimum atomic E-state index is -1.65. The van der Waals surface area contributed by atoms with Gasteiger partial charge in [-0.15, -0.1) is 0 Å². The lowest BCUT2D eigenvalue weighted by atomic mass is 9.98. The Kier molecular flexibility index (Phi) is 3.17. The SMILES string of the molecule is O=C(c1ccc(F)c(F)c1F)c1cccc2ncccc12. The van der Waals surface area contributed by atoms with Gasteiger partial charge in [-0.05, 0) is 24.3 Å². The highest BCUT2D eigenvalue weighted by Crippen LogP contribution is 2.23. The zero-order valence-electron chi connectivity index (χ0n) is 10.6. The monoisotopic (exact) mass is 287 g/mol. The largest absolute Gasteiger partial charge is 0.288 e. The second-order valence-electron chi connectivity index (χ2n) is 4.43. The van der Waals surface area contributed by atoms with Crippen molar-refractivity contribution >= 4 is 16.7 Å². The molecular weight excluding hydrogens is 279 g/mol. The minimum Gasteiger partial charge on any atom is -0.288 e. The number of aromatic nitrogens is 1. The summed E-state index contributed by atoms with van der Waals surface area (Å²) in [6, 6.07) is 9.76. The van der Waals surface area contributed by atoms with Crippen LogP contribution in [0.1, 0.15) is 15.9 Å². The molecule has 5 heteroatoms. The number of halogens is 3. The van der Waals surface area contributed by atoms with Crippen LogP contribution in [-0.4, -0.2) is 10.8 Å². The number of carbonyl (C=O) groups excluding carboxylic acids is 1. The molecule has 0 N–H and O–H groups in total. The maximum Gasteiger partial charge on any atom is 0.196 e. The molecule has 2 aromatic carbocycles. The summed E-state index contributed by atoms with van der Waals surface area (Å²) in [5.41, 5.74) is 0.238. The molecule has 3 aromatic rings. The van der Waals surface area contributed by atoms with E-state index in [0.717, 1.165) is 12.1 Å². The van der Waals surface area contributed by atoms with Crippen LogP contribution in [0.4, 0.5) is 13.2 Å². The maximum atomic E-state index is 13.7. The van der Waals surface area contributed by atoms with Crippen LogP contribution < -0.4 is 0 Å². The summed E-state index contributed by atoms with van der Waals surface area (Å²) >= 11 is 0. The third-order valence-electron chi connectivity index (χ3n) is 3.17. The standard InChI is InChI=1S/C16H8F3NO/c17-12-7-6-11(14(18)15(12)19)16(21)10-3-1-5-13-9(10)4-2-8-20-13/h1-8H.